The van der Waals surface area contributed by atoms with E-state index in [4.69, 9.17) is 0 Å². The standard InChI is InChI=1S/C27H44O3/c1-18(8-6-14-26(3,4)30)23-12-13-24-20(9-7-15-27(23,24)5)10-11-21-16-22(28)17-25(29)19(21)2/h10-11,18,22-25,28-30H,2,6-9,12-17H2,1,3-5H3/t18?,22?,23-,24?,25+,27-/m1/s1. The highest BCUT2D eigenvalue weighted by atomic mass is 16.3. The van der Waals surface area contributed by atoms with Gasteiger partial charge in [-0.3, -0.25) is 0 Å². The molecule has 0 aromatic heterocycles. The molecule has 0 heterocycles. The van der Waals surface area contributed by atoms with Crippen LogP contribution >= 0.6 is 0 Å². The Hall–Kier alpha value is -0.900. The lowest BCUT2D eigenvalue weighted by atomic mass is 9.60. The van der Waals surface area contributed by atoms with Crippen molar-refractivity contribution < 1.29 is 15.3 Å². The molecule has 3 unspecified atom stereocenters. The van der Waals surface area contributed by atoms with Gasteiger partial charge in [-0.25, -0.2) is 0 Å². The highest BCUT2D eigenvalue weighted by molar-refractivity contribution is 5.38. The zero-order valence-corrected chi connectivity index (χ0v) is 19.7. The predicted molar refractivity (Wildman–Crippen MR) is 124 cm³/mol. The smallest absolute Gasteiger partial charge is 0.0811 e. The second-order valence-electron chi connectivity index (χ2n) is 11.3. The van der Waals surface area contributed by atoms with E-state index in [9.17, 15) is 15.3 Å². The van der Waals surface area contributed by atoms with Crippen molar-refractivity contribution in [2.45, 2.75) is 110 Å². The number of allylic oxidation sites excluding steroid dienone is 3. The number of fused-ring (bicyclic) bond motifs is 1. The minimum absolute atomic E-state index is 0.374. The van der Waals surface area contributed by atoms with Gasteiger partial charge in [0.05, 0.1) is 17.8 Å². The molecule has 0 aromatic rings. The molecule has 6 atom stereocenters. The Morgan fingerprint density at radius 2 is 1.97 bits per heavy atom. The summed E-state index contributed by atoms with van der Waals surface area (Å²) in [6.07, 6.45) is 13.9. The Morgan fingerprint density at radius 3 is 2.67 bits per heavy atom. The second-order valence-corrected chi connectivity index (χ2v) is 11.3. The van der Waals surface area contributed by atoms with Gasteiger partial charge in [-0.15, -0.1) is 0 Å². The lowest BCUT2D eigenvalue weighted by Crippen LogP contribution is -2.36. The third-order valence-corrected chi connectivity index (χ3v) is 8.44. The number of aliphatic hydroxyl groups is 3. The minimum atomic E-state index is -0.615. The maximum Gasteiger partial charge on any atom is 0.0811 e. The van der Waals surface area contributed by atoms with Crippen LogP contribution in [0.15, 0.2) is 35.5 Å². The molecule has 30 heavy (non-hydrogen) atoms. The summed E-state index contributed by atoms with van der Waals surface area (Å²) in [4.78, 5) is 0. The molecule has 0 spiro atoms. The van der Waals surface area contributed by atoms with Gasteiger partial charge in [-0.2, -0.15) is 0 Å². The molecule has 0 bridgehead atoms. The Morgan fingerprint density at radius 1 is 1.23 bits per heavy atom. The Bertz CT molecular complexity index is 683. The molecule has 3 heteroatoms. The largest absolute Gasteiger partial charge is 0.393 e. The molecular formula is C27H44O3. The number of hydrogen-bond donors (Lipinski definition) is 3. The van der Waals surface area contributed by atoms with E-state index in [1.54, 1.807) is 5.57 Å². The zero-order chi connectivity index (χ0) is 22.1. The third kappa shape index (κ3) is 5.29. The van der Waals surface area contributed by atoms with E-state index in [1.165, 1.54) is 38.5 Å². The van der Waals surface area contributed by atoms with Gasteiger partial charge in [0.2, 0.25) is 0 Å². The lowest BCUT2D eigenvalue weighted by molar-refractivity contribution is 0.0596. The summed E-state index contributed by atoms with van der Waals surface area (Å²) in [6.45, 7) is 12.8. The van der Waals surface area contributed by atoms with Crippen molar-refractivity contribution in [3.63, 3.8) is 0 Å². The van der Waals surface area contributed by atoms with Crippen LogP contribution in [0.2, 0.25) is 0 Å². The summed E-state index contributed by atoms with van der Waals surface area (Å²) in [5, 5.41) is 30.2. The first-order chi connectivity index (χ1) is 14.0. The van der Waals surface area contributed by atoms with Crippen LogP contribution in [0, 0.1) is 23.2 Å². The molecule has 3 aliphatic carbocycles. The first-order valence-corrected chi connectivity index (χ1v) is 12.2. The molecule has 3 rings (SSSR count). The van der Waals surface area contributed by atoms with Gasteiger partial charge in [-0.1, -0.05) is 51.0 Å². The maximum absolute atomic E-state index is 10.1. The molecule has 0 radical (unpaired) electrons. The summed E-state index contributed by atoms with van der Waals surface area (Å²) in [7, 11) is 0. The quantitative estimate of drug-likeness (QED) is 0.520. The topological polar surface area (TPSA) is 60.7 Å². The van der Waals surface area contributed by atoms with Crippen molar-refractivity contribution in [2.75, 3.05) is 0 Å². The van der Waals surface area contributed by atoms with Crippen LogP contribution in [0.3, 0.4) is 0 Å². The van der Waals surface area contributed by atoms with Crippen LogP contribution in [0.1, 0.15) is 91.9 Å². The molecular weight excluding hydrogens is 372 g/mol. The number of hydrogen-bond acceptors (Lipinski definition) is 3. The molecule has 3 fully saturated rings. The van der Waals surface area contributed by atoms with Gasteiger partial charge in [0.15, 0.2) is 0 Å². The first-order valence-electron chi connectivity index (χ1n) is 12.2. The summed E-state index contributed by atoms with van der Waals surface area (Å²) in [5.41, 5.74) is 3.17. The van der Waals surface area contributed by atoms with Crippen molar-refractivity contribution in [3.05, 3.63) is 35.5 Å². The van der Waals surface area contributed by atoms with Crippen LogP contribution in [-0.2, 0) is 0 Å². The summed E-state index contributed by atoms with van der Waals surface area (Å²) >= 11 is 0. The van der Waals surface area contributed by atoms with E-state index >= 15 is 0 Å². The average Bonchev–Trinajstić information content (AvgIpc) is 3.00. The van der Waals surface area contributed by atoms with Crippen LogP contribution in [0.25, 0.3) is 0 Å². The van der Waals surface area contributed by atoms with E-state index in [-0.39, 0.29) is 0 Å². The highest BCUT2D eigenvalue weighted by Crippen LogP contribution is 2.60. The summed E-state index contributed by atoms with van der Waals surface area (Å²) in [5.74, 6) is 2.11. The van der Waals surface area contributed by atoms with Crippen molar-refractivity contribution in [1.82, 2.24) is 0 Å². The van der Waals surface area contributed by atoms with E-state index in [1.807, 2.05) is 13.8 Å². The predicted octanol–water partition coefficient (Wildman–Crippen LogP) is 5.70. The van der Waals surface area contributed by atoms with Gasteiger partial charge in [0.1, 0.15) is 0 Å². The summed E-state index contributed by atoms with van der Waals surface area (Å²) < 4.78 is 0. The van der Waals surface area contributed by atoms with Gasteiger partial charge < -0.3 is 15.3 Å². The number of rotatable bonds is 6. The minimum Gasteiger partial charge on any atom is -0.393 e. The Balaban J connectivity index is 1.70. The van der Waals surface area contributed by atoms with E-state index < -0.39 is 17.8 Å². The fourth-order valence-corrected chi connectivity index (χ4v) is 6.74. The molecule has 0 amide bonds. The van der Waals surface area contributed by atoms with Crippen LogP contribution in [0.4, 0.5) is 0 Å². The van der Waals surface area contributed by atoms with Crippen molar-refractivity contribution in [3.8, 4) is 0 Å². The first kappa shape index (κ1) is 23.8. The molecule has 3 saturated carbocycles. The normalized spacial score (nSPS) is 38.8. The van der Waals surface area contributed by atoms with E-state index in [0.717, 1.165) is 29.9 Å². The monoisotopic (exact) mass is 416 g/mol. The van der Waals surface area contributed by atoms with Gasteiger partial charge in [0.25, 0.3) is 0 Å². The zero-order valence-electron chi connectivity index (χ0n) is 19.7. The van der Waals surface area contributed by atoms with Crippen molar-refractivity contribution in [1.29, 1.82) is 0 Å². The van der Waals surface area contributed by atoms with Gasteiger partial charge in [0, 0.05) is 6.42 Å². The van der Waals surface area contributed by atoms with E-state index in [0.29, 0.717) is 30.1 Å². The molecule has 3 N–H and O–H groups in total. The van der Waals surface area contributed by atoms with Crippen LogP contribution in [-0.4, -0.2) is 33.1 Å². The SMILES string of the molecule is C=C1C(=CC=C2CCC[C@@]3(C)C2CC[C@@H]3C(C)CCCC(C)(C)O)CC(O)C[C@@H]1O. The fourth-order valence-electron chi connectivity index (χ4n) is 6.74. The molecule has 0 aliphatic heterocycles. The van der Waals surface area contributed by atoms with Gasteiger partial charge >= 0.3 is 0 Å². The second kappa shape index (κ2) is 9.30. The van der Waals surface area contributed by atoms with Crippen molar-refractivity contribution >= 4 is 0 Å². The summed E-state index contributed by atoms with van der Waals surface area (Å²) in [6, 6.07) is 0. The fraction of sp³-hybridized carbons (Fsp3) is 0.778. The Labute approximate surface area is 184 Å². The molecule has 3 aliphatic rings. The van der Waals surface area contributed by atoms with Crippen LogP contribution < -0.4 is 0 Å². The molecule has 0 aromatic carbocycles. The highest BCUT2D eigenvalue weighted by Gasteiger charge is 2.50. The number of aliphatic hydroxyl groups excluding tert-OH is 2. The Kier molecular flexibility index (Phi) is 7.37. The molecule has 3 nitrogen and oxygen atoms in total. The molecule has 0 saturated heterocycles. The third-order valence-electron chi connectivity index (χ3n) is 8.44. The maximum atomic E-state index is 10.1. The molecule has 170 valence electrons. The van der Waals surface area contributed by atoms with Gasteiger partial charge in [-0.05, 0) is 93.1 Å². The lowest BCUT2D eigenvalue weighted by Gasteiger charge is -2.44. The van der Waals surface area contributed by atoms with Crippen LogP contribution in [0.5, 0.6) is 0 Å². The average molecular weight is 417 g/mol. The van der Waals surface area contributed by atoms with E-state index in [2.05, 4.69) is 32.6 Å². The van der Waals surface area contributed by atoms with Crippen molar-refractivity contribution in [2.24, 2.45) is 23.2 Å².